The minimum atomic E-state index is -0.913. The number of hydrogen-bond donors (Lipinski definition) is 2. The van der Waals surface area contributed by atoms with Crippen LogP contribution in [-0.4, -0.2) is 42.3 Å². The van der Waals surface area contributed by atoms with E-state index < -0.39 is 5.97 Å². The summed E-state index contributed by atoms with van der Waals surface area (Å²) < 4.78 is 5.57. The van der Waals surface area contributed by atoms with Crippen LogP contribution < -0.4 is 10.1 Å². The number of ether oxygens (including phenoxy) is 1. The fraction of sp³-hybridized carbons (Fsp3) is 0.533. The molecule has 1 heterocycles. The lowest BCUT2D eigenvalue weighted by Crippen LogP contribution is -2.29. The number of benzene rings is 1. The quantitative estimate of drug-likeness (QED) is 0.757. The first-order valence-electron chi connectivity index (χ1n) is 7.00. The maximum absolute atomic E-state index is 10.7. The smallest absolute Gasteiger partial charge is 0.335 e. The molecule has 1 aliphatic heterocycles. The Hall–Kier alpha value is -1.20. The van der Waals surface area contributed by atoms with Crippen molar-refractivity contribution < 1.29 is 14.6 Å². The number of hydrogen-bond acceptors (Lipinski definition) is 4. The lowest BCUT2D eigenvalue weighted by molar-refractivity contribution is 0.0697. The Morgan fingerprint density at radius 1 is 1.30 bits per heavy atom. The van der Waals surface area contributed by atoms with E-state index in [0.29, 0.717) is 12.4 Å². The van der Waals surface area contributed by atoms with Gasteiger partial charge >= 0.3 is 5.97 Å². The minimum absolute atomic E-state index is 0.283. The first-order valence-corrected chi connectivity index (χ1v) is 8.16. The van der Waals surface area contributed by atoms with Gasteiger partial charge in [0.15, 0.2) is 0 Å². The van der Waals surface area contributed by atoms with Crippen molar-refractivity contribution >= 4 is 17.7 Å². The predicted octanol–water partition coefficient (Wildman–Crippen LogP) is 2.50. The highest BCUT2D eigenvalue weighted by atomic mass is 32.2. The van der Waals surface area contributed by atoms with E-state index in [0.717, 1.165) is 19.0 Å². The molecule has 1 aromatic rings. The number of aromatic carboxylic acids is 1. The molecule has 1 fully saturated rings. The molecule has 20 heavy (non-hydrogen) atoms. The molecular weight excluding hydrogens is 274 g/mol. The van der Waals surface area contributed by atoms with Gasteiger partial charge < -0.3 is 15.2 Å². The largest absolute Gasteiger partial charge is 0.492 e. The Morgan fingerprint density at radius 3 is 2.65 bits per heavy atom. The van der Waals surface area contributed by atoms with E-state index in [-0.39, 0.29) is 5.56 Å². The van der Waals surface area contributed by atoms with Crippen molar-refractivity contribution in [2.45, 2.75) is 12.8 Å². The van der Waals surface area contributed by atoms with Crippen LogP contribution >= 0.6 is 11.8 Å². The van der Waals surface area contributed by atoms with Gasteiger partial charge in [-0.25, -0.2) is 4.79 Å². The van der Waals surface area contributed by atoms with Gasteiger partial charge in [0.25, 0.3) is 0 Å². The first-order chi connectivity index (χ1) is 9.75. The number of nitrogens with one attached hydrogen (secondary N) is 1. The molecule has 0 amide bonds. The zero-order valence-corrected chi connectivity index (χ0v) is 12.3. The second-order valence-electron chi connectivity index (χ2n) is 4.94. The number of thioether (sulfide) groups is 1. The number of carboxylic acid groups (broad SMARTS) is 1. The fourth-order valence-electron chi connectivity index (χ4n) is 2.19. The van der Waals surface area contributed by atoms with Gasteiger partial charge in [0.05, 0.1) is 5.56 Å². The zero-order chi connectivity index (χ0) is 14.2. The topological polar surface area (TPSA) is 58.6 Å². The Bertz CT molecular complexity index is 416. The summed E-state index contributed by atoms with van der Waals surface area (Å²) in [6.07, 6.45) is 2.63. The third-order valence-corrected chi connectivity index (χ3v) is 4.47. The van der Waals surface area contributed by atoms with Crippen LogP contribution in [0.15, 0.2) is 24.3 Å². The van der Waals surface area contributed by atoms with E-state index in [1.54, 1.807) is 24.3 Å². The summed E-state index contributed by atoms with van der Waals surface area (Å²) in [4.78, 5) is 10.7. The monoisotopic (exact) mass is 295 g/mol. The maximum atomic E-state index is 10.7. The van der Waals surface area contributed by atoms with Gasteiger partial charge in [0.1, 0.15) is 12.4 Å². The van der Waals surface area contributed by atoms with Crippen LogP contribution in [-0.2, 0) is 0 Å². The molecule has 110 valence electrons. The molecule has 0 radical (unpaired) electrons. The van der Waals surface area contributed by atoms with Crippen molar-refractivity contribution in [1.82, 2.24) is 5.32 Å². The lowest BCUT2D eigenvalue weighted by atomic mass is 10.0. The molecule has 0 bridgehead atoms. The molecule has 0 spiro atoms. The second kappa shape index (κ2) is 8.17. The Labute approximate surface area is 123 Å². The van der Waals surface area contributed by atoms with Crippen molar-refractivity contribution in [3.8, 4) is 5.75 Å². The molecule has 2 rings (SSSR count). The highest BCUT2D eigenvalue weighted by Crippen LogP contribution is 2.21. The molecule has 4 nitrogen and oxygen atoms in total. The molecule has 0 aliphatic carbocycles. The van der Waals surface area contributed by atoms with Gasteiger partial charge in [-0.15, -0.1) is 0 Å². The summed E-state index contributed by atoms with van der Waals surface area (Å²) in [5.41, 5.74) is 0.283. The Morgan fingerprint density at radius 2 is 2.00 bits per heavy atom. The van der Waals surface area contributed by atoms with Gasteiger partial charge in [-0.1, -0.05) is 0 Å². The van der Waals surface area contributed by atoms with Crippen LogP contribution in [0.5, 0.6) is 5.75 Å². The van der Waals surface area contributed by atoms with Crippen molar-refractivity contribution in [2.75, 3.05) is 31.2 Å². The molecule has 1 aromatic carbocycles. The SMILES string of the molecule is O=C(O)c1ccc(OCCNCC2CCSCC2)cc1. The normalized spacial score (nSPS) is 16.0. The van der Waals surface area contributed by atoms with E-state index in [1.165, 1.54) is 24.3 Å². The average Bonchev–Trinajstić information content (AvgIpc) is 2.48. The van der Waals surface area contributed by atoms with Crippen LogP contribution in [0.4, 0.5) is 0 Å². The number of rotatable bonds is 7. The van der Waals surface area contributed by atoms with Gasteiger partial charge in [0.2, 0.25) is 0 Å². The minimum Gasteiger partial charge on any atom is -0.492 e. The molecule has 2 N–H and O–H groups in total. The third-order valence-electron chi connectivity index (χ3n) is 3.42. The van der Waals surface area contributed by atoms with Crippen molar-refractivity contribution in [3.05, 3.63) is 29.8 Å². The number of carbonyl (C=O) groups is 1. The second-order valence-corrected chi connectivity index (χ2v) is 6.16. The standard InChI is InChI=1S/C15H21NO3S/c17-15(18)13-1-3-14(4-2-13)19-8-7-16-11-12-5-9-20-10-6-12/h1-4,12,16H,5-11H2,(H,17,18). The molecule has 0 saturated carbocycles. The van der Waals surface area contributed by atoms with E-state index in [9.17, 15) is 4.79 Å². The molecule has 1 saturated heterocycles. The van der Waals surface area contributed by atoms with Gasteiger partial charge in [-0.2, -0.15) is 11.8 Å². The summed E-state index contributed by atoms with van der Waals surface area (Å²) in [5.74, 6) is 3.19. The summed E-state index contributed by atoms with van der Waals surface area (Å²) in [6, 6.07) is 6.51. The van der Waals surface area contributed by atoms with Crippen molar-refractivity contribution in [1.29, 1.82) is 0 Å². The van der Waals surface area contributed by atoms with Crippen molar-refractivity contribution in [3.63, 3.8) is 0 Å². The third kappa shape index (κ3) is 5.06. The highest BCUT2D eigenvalue weighted by Gasteiger charge is 2.12. The van der Waals surface area contributed by atoms with Crippen LogP contribution in [0, 0.1) is 5.92 Å². The first kappa shape index (κ1) is 15.2. The predicted molar refractivity (Wildman–Crippen MR) is 81.8 cm³/mol. The summed E-state index contributed by atoms with van der Waals surface area (Å²) in [5, 5.41) is 12.2. The van der Waals surface area contributed by atoms with Crippen LogP contribution in [0.3, 0.4) is 0 Å². The zero-order valence-electron chi connectivity index (χ0n) is 11.5. The number of carboxylic acids is 1. The van der Waals surface area contributed by atoms with Crippen LogP contribution in [0.1, 0.15) is 23.2 Å². The summed E-state index contributed by atoms with van der Waals surface area (Å²) >= 11 is 2.05. The highest BCUT2D eigenvalue weighted by molar-refractivity contribution is 7.99. The molecule has 5 heteroatoms. The molecule has 0 atom stereocenters. The lowest BCUT2D eigenvalue weighted by Gasteiger charge is -2.21. The van der Waals surface area contributed by atoms with E-state index >= 15 is 0 Å². The molecular formula is C15H21NO3S. The Balaban J connectivity index is 1.59. The van der Waals surface area contributed by atoms with E-state index in [2.05, 4.69) is 5.32 Å². The van der Waals surface area contributed by atoms with Gasteiger partial charge in [-0.05, 0) is 61.1 Å². The summed E-state index contributed by atoms with van der Waals surface area (Å²) in [7, 11) is 0. The molecule has 0 unspecified atom stereocenters. The van der Waals surface area contributed by atoms with Crippen LogP contribution in [0.2, 0.25) is 0 Å². The van der Waals surface area contributed by atoms with E-state index in [1.807, 2.05) is 11.8 Å². The van der Waals surface area contributed by atoms with Gasteiger partial charge in [0, 0.05) is 6.54 Å². The van der Waals surface area contributed by atoms with Crippen LogP contribution in [0.25, 0.3) is 0 Å². The van der Waals surface area contributed by atoms with E-state index in [4.69, 9.17) is 9.84 Å². The van der Waals surface area contributed by atoms with Crippen molar-refractivity contribution in [2.24, 2.45) is 5.92 Å². The maximum Gasteiger partial charge on any atom is 0.335 e. The fourth-order valence-corrected chi connectivity index (χ4v) is 3.40. The van der Waals surface area contributed by atoms with Gasteiger partial charge in [-0.3, -0.25) is 0 Å². The molecule has 1 aliphatic rings. The Kier molecular flexibility index (Phi) is 6.21. The molecule has 0 aromatic heterocycles. The summed E-state index contributed by atoms with van der Waals surface area (Å²) in [6.45, 7) is 2.50. The average molecular weight is 295 g/mol.